The van der Waals surface area contributed by atoms with Crippen LogP contribution in [0.15, 0.2) is 205 Å². The summed E-state index contributed by atoms with van der Waals surface area (Å²) in [5.74, 6) is 0. The van der Waals surface area contributed by atoms with E-state index in [-0.39, 0.29) is 0 Å². The molecular formula is C59H42N2. The molecule has 2 aliphatic heterocycles. The Bertz CT molecular complexity index is 3120. The van der Waals surface area contributed by atoms with Gasteiger partial charge in [0.1, 0.15) is 0 Å². The first-order valence-corrected chi connectivity index (χ1v) is 21.7. The van der Waals surface area contributed by atoms with Crippen LogP contribution >= 0.6 is 0 Å². The summed E-state index contributed by atoms with van der Waals surface area (Å²) in [6.07, 6.45) is 13.5. The van der Waals surface area contributed by atoms with Crippen LogP contribution in [0.5, 0.6) is 0 Å². The third kappa shape index (κ3) is 5.03. The molecule has 0 bridgehead atoms. The molecule has 61 heavy (non-hydrogen) atoms. The zero-order valence-corrected chi connectivity index (χ0v) is 33.9. The summed E-state index contributed by atoms with van der Waals surface area (Å²) in [5.41, 5.74) is 25.8. The van der Waals surface area contributed by atoms with E-state index in [9.17, 15) is 0 Å². The van der Waals surface area contributed by atoms with Crippen LogP contribution in [0.2, 0.25) is 0 Å². The highest BCUT2D eigenvalue weighted by Gasteiger charge is 2.52. The van der Waals surface area contributed by atoms with Gasteiger partial charge in [0.25, 0.3) is 0 Å². The van der Waals surface area contributed by atoms with Gasteiger partial charge in [0, 0.05) is 40.6 Å². The maximum Gasteiger partial charge on any atom is 0.0726 e. The largest absolute Gasteiger partial charge is 0.310 e. The molecule has 5 aliphatic rings. The van der Waals surface area contributed by atoms with Gasteiger partial charge in [-0.3, -0.25) is 0 Å². The second kappa shape index (κ2) is 13.3. The van der Waals surface area contributed by atoms with Crippen molar-refractivity contribution in [2.75, 3.05) is 9.80 Å². The predicted octanol–water partition coefficient (Wildman–Crippen LogP) is 14.9. The molecule has 2 nitrogen and oxygen atoms in total. The highest BCUT2D eigenvalue weighted by atomic mass is 15.2. The predicted molar refractivity (Wildman–Crippen MR) is 253 cm³/mol. The van der Waals surface area contributed by atoms with Crippen LogP contribution in [0.4, 0.5) is 28.4 Å². The molecule has 1 spiro atoms. The molecule has 0 atom stereocenters. The Labute approximate surface area is 357 Å². The van der Waals surface area contributed by atoms with Gasteiger partial charge < -0.3 is 9.80 Å². The fourth-order valence-electron chi connectivity index (χ4n) is 11.3. The molecule has 0 N–H and O–H groups in total. The summed E-state index contributed by atoms with van der Waals surface area (Å²) in [5, 5.41) is 0. The first-order valence-electron chi connectivity index (χ1n) is 21.7. The normalized spacial score (nSPS) is 15.8. The van der Waals surface area contributed by atoms with Gasteiger partial charge in [0.05, 0.1) is 5.41 Å². The van der Waals surface area contributed by atoms with Crippen LogP contribution in [-0.4, -0.2) is 0 Å². The topological polar surface area (TPSA) is 6.48 Å². The van der Waals surface area contributed by atoms with Crippen molar-refractivity contribution in [3.05, 3.63) is 255 Å². The van der Waals surface area contributed by atoms with Crippen molar-refractivity contribution in [1.82, 2.24) is 0 Å². The molecule has 0 fully saturated rings. The molecule has 0 unspecified atom stereocenters. The minimum Gasteiger partial charge on any atom is -0.310 e. The van der Waals surface area contributed by atoms with E-state index in [0.717, 1.165) is 25.7 Å². The Morgan fingerprint density at radius 1 is 0.410 bits per heavy atom. The van der Waals surface area contributed by atoms with Crippen molar-refractivity contribution < 1.29 is 0 Å². The van der Waals surface area contributed by atoms with E-state index in [1.807, 2.05) is 0 Å². The van der Waals surface area contributed by atoms with Gasteiger partial charge in [-0.1, -0.05) is 152 Å². The number of anilines is 5. The van der Waals surface area contributed by atoms with Gasteiger partial charge in [-0.05, 0) is 152 Å². The van der Waals surface area contributed by atoms with Gasteiger partial charge in [-0.15, -0.1) is 0 Å². The maximum atomic E-state index is 2.54. The van der Waals surface area contributed by atoms with Gasteiger partial charge in [-0.25, -0.2) is 0 Å². The molecule has 0 aromatic heterocycles. The van der Waals surface area contributed by atoms with Crippen molar-refractivity contribution in [2.24, 2.45) is 0 Å². The van der Waals surface area contributed by atoms with E-state index in [1.54, 1.807) is 0 Å². The number of allylic oxidation sites excluding steroid dienone is 3. The van der Waals surface area contributed by atoms with Gasteiger partial charge in [0.15, 0.2) is 0 Å². The van der Waals surface area contributed by atoms with Crippen molar-refractivity contribution in [3.63, 3.8) is 0 Å². The lowest BCUT2D eigenvalue weighted by Gasteiger charge is -2.37. The number of fused-ring (bicyclic) bond motifs is 13. The number of hydrogen-bond donors (Lipinski definition) is 0. The second-order valence-electron chi connectivity index (χ2n) is 17.1. The third-order valence-electron chi connectivity index (χ3n) is 13.9. The average molecular weight is 779 g/mol. The standard InChI is InChI=1S/C59H42N2/c1-9-21-55-41(13-1)36-42-14-2-10-22-56(42)60(55)45-30-27-39(28-31-45)25-26-40-29-33-49-50-34-32-46(61-57-23-11-3-15-43(57)37-44-16-4-12-24-58(44)61)38-54(50)59(53(49)35-40)51-19-7-5-17-47(51)48-18-6-8-20-52(48)59/h1-3,5-15,17-35,38H,4,16,36-37H2/b26-25+. The van der Waals surface area contributed by atoms with Crippen molar-refractivity contribution in [2.45, 2.75) is 31.1 Å². The Hall–Kier alpha value is -7.42. The summed E-state index contributed by atoms with van der Waals surface area (Å²) in [4.78, 5) is 4.95. The molecule has 0 amide bonds. The van der Waals surface area contributed by atoms with Crippen LogP contribution in [0.3, 0.4) is 0 Å². The lowest BCUT2D eigenvalue weighted by atomic mass is 9.70. The van der Waals surface area contributed by atoms with Crippen LogP contribution in [0, 0.1) is 0 Å². The molecule has 0 saturated carbocycles. The molecule has 0 radical (unpaired) electrons. The zero-order chi connectivity index (χ0) is 40.1. The minimum atomic E-state index is -0.449. The fraction of sp³-hybridized carbons (Fsp3) is 0.0847. The first kappa shape index (κ1) is 34.4. The van der Waals surface area contributed by atoms with Crippen LogP contribution in [-0.2, 0) is 18.3 Å². The van der Waals surface area contributed by atoms with E-state index >= 15 is 0 Å². The van der Waals surface area contributed by atoms with Gasteiger partial charge in [-0.2, -0.15) is 0 Å². The summed E-state index contributed by atoms with van der Waals surface area (Å²) in [7, 11) is 0. The molecule has 0 saturated heterocycles. The maximum absolute atomic E-state index is 2.54. The highest BCUT2D eigenvalue weighted by molar-refractivity contribution is 5.97. The van der Waals surface area contributed by atoms with E-state index in [2.05, 4.69) is 216 Å². The van der Waals surface area contributed by atoms with Crippen LogP contribution in [0.1, 0.15) is 62.9 Å². The smallest absolute Gasteiger partial charge is 0.0726 e. The van der Waals surface area contributed by atoms with Crippen molar-refractivity contribution >= 4 is 40.6 Å². The highest BCUT2D eigenvalue weighted by Crippen LogP contribution is 2.63. The van der Waals surface area contributed by atoms with Crippen LogP contribution in [0.25, 0.3) is 34.4 Å². The van der Waals surface area contributed by atoms with Gasteiger partial charge >= 0.3 is 0 Å². The van der Waals surface area contributed by atoms with Crippen LogP contribution < -0.4 is 9.80 Å². The second-order valence-corrected chi connectivity index (χ2v) is 17.1. The Morgan fingerprint density at radius 2 is 0.918 bits per heavy atom. The van der Waals surface area contributed by atoms with E-state index in [1.165, 1.54) is 112 Å². The molecule has 8 aromatic rings. The first-order chi connectivity index (χ1) is 30.2. The number of rotatable bonds is 4. The van der Waals surface area contributed by atoms with Gasteiger partial charge in [0.2, 0.25) is 0 Å². The SMILES string of the molecule is C1=CC2=C(CC1)Cc1ccccc1N2c1ccc2c(c1)C1(c3ccccc3-c3ccccc31)c1cc(/C=C/c3ccc(N4c5ccccc5Cc5ccccc54)cc3)ccc1-2. The summed E-state index contributed by atoms with van der Waals surface area (Å²) >= 11 is 0. The molecule has 2 heterocycles. The third-order valence-corrected chi connectivity index (χ3v) is 13.9. The number of hydrogen-bond acceptors (Lipinski definition) is 2. The molecule has 13 rings (SSSR count). The lowest BCUT2D eigenvalue weighted by Crippen LogP contribution is -2.27. The zero-order valence-electron chi connectivity index (χ0n) is 33.9. The molecule has 3 aliphatic carbocycles. The number of para-hydroxylation sites is 3. The van der Waals surface area contributed by atoms with E-state index in [4.69, 9.17) is 0 Å². The van der Waals surface area contributed by atoms with Crippen molar-refractivity contribution in [1.29, 1.82) is 0 Å². The molecule has 2 heteroatoms. The average Bonchev–Trinajstić information content (AvgIpc) is 3.78. The minimum absolute atomic E-state index is 0.449. The number of benzene rings is 8. The Balaban J connectivity index is 0.927. The lowest BCUT2D eigenvalue weighted by molar-refractivity contribution is 0.792. The fourth-order valence-corrected chi connectivity index (χ4v) is 11.3. The molecule has 8 aromatic carbocycles. The number of nitrogens with zero attached hydrogens (tertiary/aromatic N) is 2. The summed E-state index contributed by atoms with van der Waals surface area (Å²) in [6, 6.07) is 68.3. The van der Waals surface area contributed by atoms with E-state index in [0.29, 0.717) is 0 Å². The van der Waals surface area contributed by atoms with Crippen molar-refractivity contribution in [3.8, 4) is 22.3 Å². The monoisotopic (exact) mass is 778 g/mol. The van der Waals surface area contributed by atoms with E-state index < -0.39 is 5.41 Å². The molecular weight excluding hydrogens is 737 g/mol. The summed E-state index contributed by atoms with van der Waals surface area (Å²) < 4.78 is 0. The quantitative estimate of drug-likeness (QED) is 0.164. The Morgan fingerprint density at radius 3 is 1.61 bits per heavy atom. The summed E-state index contributed by atoms with van der Waals surface area (Å²) in [6.45, 7) is 0. The Kier molecular flexibility index (Phi) is 7.51. The molecule has 288 valence electrons.